The maximum atomic E-state index is 12.6. The number of nitrogens with zero attached hydrogens (tertiary/aromatic N) is 4. The Hall–Kier alpha value is -2.16. The SMILES string of the molecule is O=C(CSc1nc2ccccc2s1)N1CCN(c2nc3ccccc3s2)CC1. The molecule has 0 N–H and O–H groups in total. The quantitative estimate of drug-likeness (QED) is 0.454. The lowest BCUT2D eigenvalue weighted by molar-refractivity contribution is -0.128. The summed E-state index contributed by atoms with van der Waals surface area (Å²) < 4.78 is 3.34. The topological polar surface area (TPSA) is 49.3 Å². The number of carbonyl (C=O) groups excluding carboxylic acids is 1. The average Bonchev–Trinajstić information content (AvgIpc) is 3.35. The summed E-state index contributed by atoms with van der Waals surface area (Å²) in [7, 11) is 0. The molecular weight excluding hydrogens is 408 g/mol. The first-order chi connectivity index (χ1) is 13.8. The summed E-state index contributed by atoms with van der Waals surface area (Å²) in [5.41, 5.74) is 2.06. The number of thiazole rings is 2. The highest BCUT2D eigenvalue weighted by Gasteiger charge is 2.23. The van der Waals surface area contributed by atoms with Crippen LogP contribution < -0.4 is 4.90 Å². The van der Waals surface area contributed by atoms with Crippen molar-refractivity contribution in [3.63, 3.8) is 0 Å². The summed E-state index contributed by atoms with van der Waals surface area (Å²) >= 11 is 4.92. The lowest BCUT2D eigenvalue weighted by atomic mass is 10.3. The van der Waals surface area contributed by atoms with Crippen LogP contribution in [-0.2, 0) is 4.79 Å². The van der Waals surface area contributed by atoms with Crippen molar-refractivity contribution in [1.29, 1.82) is 0 Å². The van der Waals surface area contributed by atoms with Gasteiger partial charge in [-0.2, -0.15) is 0 Å². The fraction of sp³-hybridized carbons (Fsp3) is 0.250. The molecule has 1 fully saturated rings. The van der Waals surface area contributed by atoms with Gasteiger partial charge in [-0.3, -0.25) is 4.79 Å². The molecule has 0 unspecified atom stereocenters. The molecule has 1 amide bonds. The third-order valence-corrected chi connectivity index (χ3v) is 8.04. The van der Waals surface area contributed by atoms with Crippen molar-refractivity contribution in [2.45, 2.75) is 4.34 Å². The van der Waals surface area contributed by atoms with E-state index in [1.165, 1.54) is 9.40 Å². The van der Waals surface area contributed by atoms with Crippen LogP contribution in [0.3, 0.4) is 0 Å². The number of benzene rings is 2. The first kappa shape index (κ1) is 17.9. The summed E-state index contributed by atoms with van der Waals surface area (Å²) in [4.78, 5) is 26.2. The van der Waals surface area contributed by atoms with Gasteiger partial charge < -0.3 is 9.80 Å². The molecule has 3 heterocycles. The Morgan fingerprint density at radius 3 is 2.21 bits per heavy atom. The second-order valence-electron chi connectivity index (χ2n) is 6.57. The van der Waals surface area contributed by atoms with Crippen molar-refractivity contribution in [1.82, 2.24) is 14.9 Å². The molecule has 5 nitrogen and oxygen atoms in total. The van der Waals surface area contributed by atoms with Gasteiger partial charge in [-0.1, -0.05) is 47.4 Å². The van der Waals surface area contributed by atoms with Crippen molar-refractivity contribution in [2.24, 2.45) is 0 Å². The number of carbonyl (C=O) groups is 1. The molecule has 0 radical (unpaired) electrons. The van der Waals surface area contributed by atoms with Gasteiger partial charge in [0.25, 0.3) is 0 Å². The molecule has 1 aliphatic rings. The second-order valence-corrected chi connectivity index (χ2v) is 9.83. The highest BCUT2D eigenvalue weighted by atomic mass is 32.2. The van der Waals surface area contributed by atoms with Gasteiger partial charge in [0.15, 0.2) is 9.47 Å². The predicted octanol–water partition coefficient (Wildman–Crippen LogP) is 4.35. The molecule has 0 spiro atoms. The maximum absolute atomic E-state index is 12.6. The molecule has 28 heavy (non-hydrogen) atoms. The Labute approximate surface area is 175 Å². The normalized spacial score (nSPS) is 14.9. The van der Waals surface area contributed by atoms with Crippen LogP contribution in [0.1, 0.15) is 0 Å². The summed E-state index contributed by atoms with van der Waals surface area (Å²) in [6.45, 7) is 3.15. The van der Waals surface area contributed by atoms with E-state index in [0.29, 0.717) is 5.75 Å². The Kier molecular flexibility index (Phi) is 4.92. The van der Waals surface area contributed by atoms with Gasteiger partial charge in [-0.15, -0.1) is 11.3 Å². The molecule has 5 rings (SSSR count). The van der Waals surface area contributed by atoms with E-state index in [-0.39, 0.29) is 5.91 Å². The molecule has 142 valence electrons. The monoisotopic (exact) mass is 426 g/mol. The van der Waals surface area contributed by atoms with Crippen LogP contribution in [0, 0.1) is 0 Å². The van der Waals surface area contributed by atoms with E-state index in [0.717, 1.165) is 46.7 Å². The van der Waals surface area contributed by atoms with Crippen molar-refractivity contribution >= 4 is 65.9 Å². The van der Waals surface area contributed by atoms with Gasteiger partial charge in [0.1, 0.15) is 0 Å². The molecule has 4 aromatic rings. The van der Waals surface area contributed by atoms with Crippen LogP contribution in [0.25, 0.3) is 20.4 Å². The predicted molar refractivity (Wildman–Crippen MR) is 119 cm³/mol. The zero-order valence-corrected chi connectivity index (χ0v) is 17.5. The van der Waals surface area contributed by atoms with E-state index < -0.39 is 0 Å². The largest absolute Gasteiger partial charge is 0.345 e. The molecule has 8 heteroatoms. The third-order valence-electron chi connectivity index (χ3n) is 4.78. The minimum Gasteiger partial charge on any atom is -0.345 e. The number of para-hydroxylation sites is 2. The van der Waals surface area contributed by atoms with Crippen molar-refractivity contribution < 1.29 is 4.79 Å². The van der Waals surface area contributed by atoms with Crippen LogP contribution in [-0.4, -0.2) is 52.7 Å². The third kappa shape index (κ3) is 3.59. The van der Waals surface area contributed by atoms with E-state index in [1.54, 1.807) is 34.4 Å². The highest BCUT2D eigenvalue weighted by Crippen LogP contribution is 2.31. The van der Waals surface area contributed by atoms with Gasteiger partial charge in [0.2, 0.25) is 5.91 Å². The number of piperazine rings is 1. The molecule has 0 bridgehead atoms. The fourth-order valence-corrected chi connectivity index (χ4v) is 6.26. The maximum Gasteiger partial charge on any atom is 0.233 e. The Morgan fingerprint density at radius 1 is 0.893 bits per heavy atom. The van der Waals surface area contributed by atoms with Crippen LogP contribution in [0.5, 0.6) is 0 Å². The number of hydrogen-bond donors (Lipinski definition) is 0. The Morgan fingerprint density at radius 2 is 1.54 bits per heavy atom. The van der Waals surface area contributed by atoms with Crippen LogP contribution in [0.4, 0.5) is 5.13 Å². The number of amides is 1. The Balaban J connectivity index is 1.17. The summed E-state index contributed by atoms with van der Waals surface area (Å²) in [6.07, 6.45) is 0. The number of anilines is 1. The van der Waals surface area contributed by atoms with Gasteiger partial charge >= 0.3 is 0 Å². The molecule has 2 aromatic heterocycles. The van der Waals surface area contributed by atoms with Gasteiger partial charge in [0.05, 0.1) is 26.2 Å². The zero-order chi connectivity index (χ0) is 18.9. The highest BCUT2D eigenvalue weighted by molar-refractivity contribution is 8.01. The average molecular weight is 427 g/mol. The van der Waals surface area contributed by atoms with Crippen molar-refractivity contribution in [3.05, 3.63) is 48.5 Å². The molecule has 2 aromatic carbocycles. The van der Waals surface area contributed by atoms with E-state index in [4.69, 9.17) is 4.98 Å². The first-order valence-corrected chi connectivity index (χ1v) is 11.7. The number of rotatable bonds is 4. The molecule has 1 aliphatic heterocycles. The van der Waals surface area contributed by atoms with Crippen LogP contribution in [0.2, 0.25) is 0 Å². The lowest BCUT2D eigenvalue weighted by Gasteiger charge is -2.34. The number of thioether (sulfide) groups is 1. The van der Waals surface area contributed by atoms with Crippen LogP contribution >= 0.6 is 34.4 Å². The summed E-state index contributed by atoms with van der Waals surface area (Å²) in [6, 6.07) is 16.3. The smallest absolute Gasteiger partial charge is 0.233 e. The standard InChI is InChI=1S/C20H18N4OS3/c25-18(13-26-20-22-15-6-2-4-8-17(15)28-20)23-9-11-24(12-10-23)19-21-14-5-1-3-7-16(14)27-19/h1-8H,9-13H2. The minimum atomic E-state index is 0.188. The molecule has 1 saturated heterocycles. The fourth-order valence-electron chi connectivity index (χ4n) is 3.27. The van der Waals surface area contributed by atoms with Gasteiger partial charge in [-0.05, 0) is 24.3 Å². The second kappa shape index (κ2) is 7.69. The summed E-state index contributed by atoms with van der Waals surface area (Å²) in [5, 5.41) is 1.05. The number of hydrogen-bond acceptors (Lipinski definition) is 7. The molecule has 0 atom stereocenters. The van der Waals surface area contributed by atoms with Crippen molar-refractivity contribution in [2.75, 3.05) is 36.8 Å². The van der Waals surface area contributed by atoms with E-state index >= 15 is 0 Å². The molecule has 0 saturated carbocycles. The van der Waals surface area contributed by atoms with Crippen molar-refractivity contribution in [3.8, 4) is 0 Å². The molecule has 0 aliphatic carbocycles. The Bertz CT molecular complexity index is 1060. The van der Waals surface area contributed by atoms with E-state index in [1.807, 2.05) is 41.3 Å². The van der Waals surface area contributed by atoms with E-state index in [2.05, 4.69) is 22.0 Å². The van der Waals surface area contributed by atoms with Gasteiger partial charge in [-0.25, -0.2) is 9.97 Å². The van der Waals surface area contributed by atoms with E-state index in [9.17, 15) is 4.79 Å². The molecular formula is C20H18N4OS3. The zero-order valence-electron chi connectivity index (χ0n) is 15.1. The number of fused-ring (bicyclic) bond motifs is 2. The minimum absolute atomic E-state index is 0.188. The number of aromatic nitrogens is 2. The van der Waals surface area contributed by atoms with Crippen LogP contribution in [0.15, 0.2) is 52.9 Å². The lowest BCUT2D eigenvalue weighted by Crippen LogP contribution is -2.49. The van der Waals surface area contributed by atoms with Gasteiger partial charge in [0, 0.05) is 26.2 Å². The first-order valence-electron chi connectivity index (χ1n) is 9.13. The summed E-state index contributed by atoms with van der Waals surface area (Å²) in [5.74, 6) is 0.634.